The minimum atomic E-state index is -0.740. The molecular formula is C19H23N3O5. The number of urea groups is 1. The van der Waals surface area contributed by atoms with Crippen LogP contribution in [0, 0.1) is 17.2 Å². The number of nitrogens with one attached hydrogen (secondary N) is 2. The quantitative estimate of drug-likeness (QED) is 0.735. The van der Waals surface area contributed by atoms with Gasteiger partial charge in [0.1, 0.15) is 5.75 Å². The lowest BCUT2D eigenvalue weighted by Gasteiger charge is -2.29. The number of benzene rings is 1. The fraction of sp³-hybridized carbons (Fsp3) is 0.474. The second-order valence-electron chi connectivity index (χ2n) is 6.48. The predicted octanol–water partition coefficient (Wildman–Crippen LogP) is 1.88. The van der Waals surface area contributed by atoms with Crippen LogP contribution in [0.15, 0.2) is 24.3 Å². The Balaban J connectivity index is 1.64. The molecule has 144 valence electrons. The molecule has 0 heterocycles. The summed E-state index contributed by atoms with van der Waals surface area (Å²) in [4.78, 5) is 35.2. The Kier molecular flexibility index (Phi) is 7.62. The first kappa shape index (κ1) is 20.2. The van der Waals surface area contributed by atoms with E-state index in [9.17, 15) is 14.4 Å². The fourth-order valence-electron chi connectivity index (χ4n) is 2.85. The molecule has 1 saturated carbocycles. The Labute approximate surface area is 157 Å². The second kappa shape index (κ2) is 10.2. The molecule has 27 heavy (non-hydrogen) atoms. The minimum absolute atomic E-state index is 0.0509. The lowest BCUT2D eigenvalue weighted by Crippen LogP contribution is -2.48. The zero-order valence-corrected chi connectivity index (χ0v) is 15.2. The second-order valence-corrected chi connectivity index (χ2v) is 6.48. The third kappa shape index (κ3) is 6.98. The van der Waals surface area contributed by atoms with Crippen molar-refractivity contribution in [3.63, 3.8) is 0 Å². The number of imide groups is 1. The van der Waals surface area contributed by atoms with Crippen LogP contribution < -0.4 is 15.4 Å². The van der Waals surface area contributed by atoms with Crippen LogP contribution in [0.5, 0.6) is 5.75 Å². The van der Waals surface area contributed by atoms with Gasteiger partial charge >= 0.3 is 12.0 Å². The highest BCUT2D eigenvalue weighted by molar-refractivity contribution is 5.95. The lowest BCUT2D eigenvalue weighted by atomic mass is 9.86. The van der Waals surface area contributed by atoms with E-state index >= 15 is 0 Å². The Morgan fingerprint density at radius 3 is 2.52 bits per heavy atom. The summed E-state index contributed by atoms with van der Waals surface area (Å²) in [6.45, 7) is 1.12. The first-order valence-electron chi connectivity index (χ1n) is 8.87. The van der Waals surface area contributed by atoms with Crippen LogP contribution in [0.1, 0.15) is 38.2 Å². The first-order chi connectivity index (χ1) is 13.0. The maximum atomic E-state index is 11.8. The van der Waals surface area contributed by atoms with Crippen LogP contribution >= 0.6 is 0 Å². The Morgan fingerprint density at radius 2 is 1.85 bits per heavy atom. The summed E-state index contributed by atoms with van der Waals surface area (Å²) in [5, 5.41) is 13.6. The summed E-state index contributed by atoms with van der Waals surface area (Å²) in [6.07, 6.45) is 4.15. The van der Waals surface area contributed by atoms with E-state index in [1.807, 2.05) is 6.07 Å². The Hall–Kier alpha value is -3.08. The molecule has 1 aliphatic carbocycles. The standard InChI is InChI=1S/C19H23N3O5/c1-13-4-2-3-5-16(13)21-19(25)22-17(23)11-27-18(24)12-26-15-8-6-14(10-20)7-9-15/h6-9,13,16H,2-5,11-12H2,1H3,(H2,21,22,23,25)/t13-,16+/m1/s1. The van der Waals surface area contributed by atoms with Gasteiger partial charge in [0.05, 0.1) is 11.6 Å². The van der Waals surface area contributed by atoms with Crippen LogP contribution in [0.3, 0.4) is 0 Å². The van der Waals surface area contributed by atoms with Gasteiger partial charge in [0, 0.05) is 6.04 Å². The summed E-state index contributed by atoms with van der Waals surface area (Å²) in [5.41, 5.74) is 0.475. The Bertz CT molecular complexity index is 711. The monoisotopic (exact) mass is 373 g/mol. The largest absolute Gasteiger partial charge is 0.482 e. The van der Waals surface area contributed by atoms with Gasteiger partial charge in [0.25, 0.3) is 5.91 Å². The molecule has 3 amide bonds. The maximum absolute atomic E-state index is 11.8. The van der Waals surface area contributed by atoms with Crippen molar-refractivity contribution in [1.29, 1.82) is 5.26 Å². The molecule has 1 aromatic rings. The normalized spacial score (nSPS) is 18.7. The van der Waals surface area contributed by atoms with E-state index in [0.29, 0.717) is 17.2 Å². The highest BCUT2D eigenvalue weighted by atomic mass is 16.6. The number of rotatable bonds is 6. The number of carbonyl (C=O) groups excluding carboxylic acids is 3. The maximum Gasteiger partial charge on any atom is 0.344 e. The predicted molar refractivity (Wildman–Crippen MR) is 95.7 cm³/mol. The molecule has 1 aliphatic rings. The smallest absolute Gasteiger partial charge is 0.344 e. The lowest BCUT2D eigenvalue weighted by molar-refractivity contribution is -0.150. The van der Waals surface area contributed by atoms with Gasteiger partial charge in [-0.05, 0) is 43.0 Å². The van der Waals surface area contributed by atoms with Crippen LogP contribution in [-0.2, 0) is 14.3 Å². The number of hydrogen-bond donors (Lipinski definition) is 2. The molecule has 1 fully saturated rings. The van der Waals surface area contributed by atoms with Crippen LogP contribution in [-0.4, -0.2) is 37.2 Å². The minimum Gasteiger partial charge on any atom is -0.482 e. The number of hydrogen-bond acceptors (Lipinski definition) is 6. The molecule has 0 aliphatic heterocycles. The highest BCUT2D eigenvalue weighted by Gasteiger charge is 2.23. The fourth-order valence-corrected chi connectivity index (χ4v) is 2.85. The molecular weight excluding hydrogens is 350 g/mol. The molecule has 8 heteroatoms. The topological polar surface area (TPSA) is 118 Å². The van der Waals surface area contributed by atoms with Gasteiger partial charge in [-0.3, -0.25) is 10.1 Å². The van der Waals surface area contributed by atoms with Crippen molar-refractivity contribution in [3.05, 3.63) is 29.8 Å². The number of nitrogens with zero attached hydrogens (tertiary/aromatic N) is 1. The molecule has 8 nitrogen and oxygen atoms in total. The van der Waals surface area contributed by atoms with E-state index in [2.05, 4.69) is 17.6 Å². The molecule has 0 spiro atoms. The van der Waals surface area contributed by atoms with Crippen molar-refractivity contribution in [2.45, 2.75) is 38.6 Å². The molecule has 2 rings (SSSR count). The van der Waals surface area contributed by atoms with Gasteiger partial charge < -0.3 is 14.8 Å². The molecule has 0 radical (unpaired) electrons. The van der Waals surface area contributed by atoms with Gasteiger partial charge in [0.2, 0.25) is 0 Å². The summed E-state index contributed by atoms with van der Waals surface area (Å²) >= 11 is 0. The third-order valence-corrected chi connectivity index (χ3v) is 4.39. The summed E-state index contributed by atoms with van der Waals surface area (Å²) in [6, 6.07) is 7.65. The van der Waals surface area contributed by atoms with Crippen molar-refractivity contribution in [3.8, 4) is 11.8 Å². The zero-order chi connectivity index (χ0) is 19.6. The van der Waals surface area contributed by atoms with Crippen LogP contribution in [0.2, 0.25) is 0 Å². The summed E-state index contributed by atoms with van der Waals surface area (Å²) in [7, 11) is 0. The van der Waals surface area contributed by atoms with E-state index in [1.54, 1.807) is 24.3 Å². The molecule has 0 saturated heterocycles. The SMILES string of the molecule is C[C@@H]1CCCC[C@@H]1NC(=O)NC(=O)COC(=O)COc1ccc(C#N)cc1. The molecule has 0 aromatic heterocycles. The van der Waals surface area contributed by atoms with E-state index in [-0.39, 0.29) is 12.6 Å². The van der Waals surface area contributed by atoms with Crippen molar-refractivity contribution < 1.29 is 23.9 Å². The van der Waals surface area contributed by atoms with Gasteiger partial charge in [0.15, 0.2) is 13.2 Å². The van der Waals surface area contributed by atoms with E-state index in [4.69, 9.17) is 14.7 Å². The molecule has 2 N–H and O–H groups in total. The van der Waals surface area contributed by atoms with Gasteiger partial charge in [-0.15, -0.1) is 0 Å². The molecule has 2 atom stereocenters. The van der Waals surface area contributed by atoms with Crippen LogP contribution in [0.25, 0.3) is 0 Å². The average Bonchev–Trinajstić information content (AvgIpc) is 2.67. The van der Waals surface area contributed by atoms with Crippen molar-refractivity contribution in [2.75, 3.05) is 13.2 Å². The molecule has 0 bridgehead atoms. The zero-order valence-electron chi connectivity index (χ0n) is 15.2. The van der Waals surface area contributed by atoms with Crippen molar-refractivity contribution in [2.24, 2.45) is 5.92 Å². The van der Waals surface area contributed by atoms with E-state index in [0.717, 1.165) is 25.7 Å². The van der Waals surface area contributed by atoms with E-state index < -0.39 is 24.5 Å². The average molecular weight is 373 g/mol. The number of amides is 3. The third-order valence-electron chi connectivity index (χ3n) is 4.39. The number of ether oxygens (including phenoxy) is 2. The Morgan fingerprint density at radius 1 is 1.15 bits per heavy atom. The van der Waals surface area contributed by atoms with Crippen molar-refractivity contribution >= 4 is 17.9 Å². The first-order valence-corrected chi connectivity index (χ1v) is 8.87. The summed E-state index contributed by atoms with van der Waals surface area (Å²) < 4.78 is 9.97. The number of carbonyl (C=O) groups is 3. The molecule has 1 aromatic carbocycles. The summed E-state index contributed by atoms with van der Waals surface area (Å²) in [5.74, 6) is -0.674. The van der Waals surface area contributed by atoms with Gasteiger partial charge in [-0.1, -0.05) is 19.8 Å². The van der Waals surface area contributed by atoms with E-state index in [1.165, 1.54) is 0 Å². The highest BCUT2D eigenvalue weighted by Crippen LogP contribution is 2.23. The van der Waals surface area contributed by atoms with Gasteiger partial charge in [-0.2, -0.15) is 5.26 Å². The molecule has 0 unspecified atom stereocenters. The number of esters is 1. The number of nitriles is 1. The van der Waals surface area contributed by atoms with Gasteiger partial charge in [-0.25, -0.2) is 9.59 Å². The van der Waals surface area contributed by atoms with Crippen LogP contribution in [0.4, 0.5) is 4.79 Å². The van der Waals surface area contributed by atoms with Crippen molar-refractivity contribution in [1.82, 2.24) is 10.6 Å².